The quantitative estimate of drug-likeness (QED) is 0.335. The smallest absolute Gasteiger partial charge is 0.194 e. The Balaban J connectivity index is 0.00000338. The number of rotatable bonds is 6. The fourth-order valence-corrected chi connectivity index (χ4v) is 3.01. The summed E-state index contributed by atoms with van der Waals surface area (Å²) in [6.45, 7) is 10.6. The molecule has 1 saturated heterocycles. The largest absolute Gasteiger partial charge is 0.506 e. The van der Waals surface area contributed by atoms with Gasteiger partial charge in [0.15, 0.2) is 5.96 Å². The van der Waals surface area contributed by atoms with E-state index in [0.29, 0.717) is 25.1 Å². The maximum atomic E-state index is 10.5. The average molecular weight is 476 g/mol. The van der Waals surface area contributed by atoms with Gasteiger partial charge in [0.2, 0.25) is 0 Å². The van der Waals surface area contributed by atoms with Crippen LogP contribution in [0.15, 0.2) is 29.3 Å². The third-order valence-corrected chi connectivity index (χ3v) is 4.98. The minimum Gasteiger partial charge on any atom is -0.506 e. The van der Waals surface area contributed by atoms with Gasteiger partial charge >= 0.3 is 0 Å². The van der Waals surface area contributed by atoms with Crippen molar-refractivity contribution >= 4 is 35.6 Å². The number of guanidine groups is 1. The molecule has 1 aromatic rings. The molecule has 0 amide bonds. The van der Waals surface area contributed by atoms with Crippen molar-refractivity contribution in [3.8, 4) is 5.75 Å². The van der Waals surface area contributed by atoms with Crippen molar-refractivity contribution in [3.63, 3.8) is 0 Å². The first-order valence-electron chi connectivity index (χ1n) is 9.31. The number of para-hydroxylation sites is 2. The number of hydrogen-bond acceptors (Lipinski definition) is 4. The molecule has 7 heteroatoms. The molecule has 1 aliphatic heterocycles. The lowest BCUT2D eigenvalue weighted by Crippen LogP contribution is -2.53. The summed E-state index contributed by atoms with van der Waals surface area (Å²) < 4.78 is 0. The second-order valence-electron chi connectivity index (χ2n) is 6.56. The zero-order valence-corrected chi connectivity index (χ0v) is 18.4. The van der Waals surface area contributed by atoms with Gasteiger partial charge < -0.3 is 25.3 Å². The van der Waals surface area contributed by atoms with E-state index in [4.69, 9.17) is 0 Å². The molecule has 0 radical (unpaired) electrons. The molecule has 0 saturated carbocycles. The van der Waals surface area contributed by atoms with Crippen molar-refractivity contribution in [2.45, 2.75) is 39.2 Å². The summed E-state index contributed by atoms with van der Waals surface area (Å²) in [5.41, 5.74) is 0.161. The molecule has 6 nitrogen and oxygen atoms in total. The van der Waals surface area contributed by atoms with E-state index < -0.39 is 5.60 Å². The number of nitrogens with one attached hydrogen (secondary N) is 1. The lowest BCUT2D eigenvalue weighted by atomic mass is 9.98. The Bertz CT molecular complexity index is 570. The van der Waals surface area contributed by atoms with Gasteiger partial charge in [-0.25, -0.2) is 0 Å². The first-order chi connectivity index (χ1) is 12.0. The van der Waals surface area contributed by atoms with E-state index >= 15 is 0 Å². The van der Waals surface area contributed by atoms with Crippen LogP contribution < -0.4 is 10.2 Å². The summed E-state index contributed by atoms with van der Waals surface area (Å²) in [6.07, 6.45) is 1.40. The predicted molar refractivity (Wildman–Crippen MR) is 119 cm³/mol. The summed E-state index contributed by atoms with van der Waals surface area (Å²) in [6, 6.07) is 7.47. The Morgan fingerprint density at radius 2 is 1.73 bits per heavy atom. The van der Waals surface area contributed by atoms with Crippen LogP contribution >= 0.6 is 24.0 Å². The van der Waals surface area contributed by atoms with Gasteiger partial charge in [0.25, 0.3) is 0 Å². The van der Waals surface area contributed by atoms with Gasteiger partial charge in [-0.3, -0.25) is 4.99 Å². The summed E-state index contributed by atoms with van der Waals surface area (Å²) in [5, 5.41) is 23.8. The molecule has 26 heavy (non-hydrogen) atoms. The van der Waals surface area contributed by atoms with Crippen LogP contribution in [0, 0.1) is 0 Å². The number of aliphatic hydroxyl groups is 1. The van der Waals surface area contributed by atoms with Crippen LogP contribution in [-0.4, -0.2) is 65.9 Å². The standard InChI is InChI=1S/C19H32N4O2.HI/c1-4-19(25,5-2)15-21-18(20-6-3)23-13-11-22(12-14-23)16-9-7-8-10-17(16)24;/h7-10,24-25H,4-6,11-15H2,1-3H3,(H,20,21);1H. The maximum Gasteiger partial charge on any atom is 0.194 e. The van der Waals surface area contributed by atoms with Crippen LogP contribution in [0.2, 0.25) is 0 Å². The average Bonchev–Trinajstić information content (AvgIpc) is 2.65. The topological polar surface area (TPSA) is 71.3 Å². The van der Waals surface area contributed by atoms with Crippen molar-refractivity contribution in [1.82, 2.24) is 10.2 Å². The number of nitrogens with zero attached hydrogens (tertiary/aromatic N) is 3. The van der Waals surface area contributed by atoms with Gasteiger partial charge in [-0.15, -0.1) is 24.0 Å². The molecule has 148 valence electrons. The Morgan fingerprint density at radius 1 is 1.12 bits per heavy atom. The summed E-state index contributed by atoms with van der Waals surface area (Å²) >= 11 is 0. The fourth-order valence-electron chi connectivity index (χ4n) is 3.01. The van der Waals surface area contributed by atoms with Gasteiger partial charge in [-0.1, -0.05) is 26.0 Å². The Kier molecular flexibility index (Phi) is 9.49. The summed E-state index contributed by atoms with van der Waals surface area (Å²) in [7, 11) is 0. The number of aromatic hydroxyl groups is 1. The van der Waals surface area contributed by atoms with Crippen LogP contribution in [0.1, 0.15) is 33.6 Å². The highest BCUT2D eigenvalue weighted by Gasteiger charge is 2.24. The maximum absolute atomic E-state index is 10.5. The number of halogens is 1. The first-order valence-corrected chi connectivity index (χ1v) is 9.31. The molecule has 2 rings (SSSR count). The lowest BCUT2D eigenvalue weighted by Gasteiger charge is -2.38. The predicted octanol–water partition coefficient (Wildman–Crippen LogP) is 2.65. The van der Waals surface area contributed by atoms with Crippen LogP contribution in [0.4, 0.5) is 5.69 Å². The minimum atomic E-state index is -0.724. The van der Waals surface area contributed by atoms with Gasteiger partial charge in [0.1, 0.15) is 5.75 Å². The fraction of sp³-hybridized carbons (Fsp3) is 0.632. The Hall–Kier alpha value is -1.22. The van der Waals surface area contributed by atoms with Crippen molar-refractivity contribution in [1.29, 1.82) is 0 Å². The first kappa shape index (κ1) is 22.8. The third-order valence-electron chi connectivity index (χ3n) is 4.98. The van der Waals surface area contributed by atoms with Gasteiger partial charge in [0, 0.05) is 32.7 Å². The Labute approximate surface area is 174 Å². The molecule has 0 aliphatic carbocycles. The second-order valence-corrected chi connectivity index (χ2v) is 6.56. The number of hydrogen-bond donors (Lipinski definition) is 3. The highest BCUT2D eigenvalue weighted by atomic mass is 127. The molecule has 0 bridgehead atoms. The number of aliphatic imine (C=N–C) groups is 1. The molecule has 3 N–H and O–H groups in total. The molecule has 1 fully saturated rings. The number of benzene rings is 1. The van der Waals surface area contributed by atoms with Crippen LogP contribution in [0.3, 0.4) is 0 Å². The van der Waals surface area contributed by atoms with E-state index in [0.717, 1.165) is 44.4 Å². The highest BCUT2D eigenvalue weighted by molar-refractivity contribution is 14.0. The van der Waals surface area contributed by atoms with E-state index in [2.05, 4.69) is 27.0 Å². The van der Waals surface area contributed by atoms with E-state index in [1.54, 1.807) is 6.07 Å². The number of piperazine rings is 1. The SMILES string of the molecule is CCNC(=NCC(O)(CC)CC)N1CCN(c2ccccc2O)CC1.I. The van der Waals surface area contributed by atoms with Crippen LogP contribution in [-0.2, 0) is 0 Å². The van der Waals surface area contributed by atoms with Gasteiger partial charge in [-0.2, -0.15) is 0 Å². The molecule has 1 heterocycles. The van der Waals surface area contributed by atoms with Crippen molar-refractivity contribution in [2.75, 3.05) is 44.2 Å². The molecular formula is C19H33IN4O2. The molecule has 0 aromatic heterocycles. The molecule has 0 atom stereocenters. The second kappa shape index (κ2) is 10.8. The monoisotopic (exact) mass is 476 g/mol. The van der Waals surface area contributed by atoms with Crippen LogP contribution in [0.25, 0.3) is 0 Å². The number of anilines is 1. The third kappa shape index (κ3) is 5.90. The molecule has 1 aromatic carbocycles. The number of phenols is 1. The summed E-state index contributed by atoms with van der Waals surface area (Å²) in [4.78, 5) is 9.11. The van der Waals surface area contributed by atoms with E-state index in [-0.39, 0.29) is 24.0 Å². The zero-order valence-electron chi connectivity index (χ0n) is 16.1. The molecule has 0 spiro atoms. The van der Waals surface area contributed by atoms with Crippen molar-refractivity contribution in [2.24, 2.45) is 4.99 Å². The lowest BCUT2D eigenvalue weighted by molar-refractivity contribution is 0.0415. The molecule has 0 unspecified atom stereocenters. The van der Waals surface area contributed by atoms with Crippen LogP contribution in [0.5, 0.6) is 5.75 Å². The number of phenolic OH excluding ortho intramolecular Hbond substituents is 1. The Morgan fingerprint density at radius 3 is 2.27 bits per heavy atom. The van der Waals surface area contributed by atoms with E-state index in [1.165, 1.54) is 0 Å². The van der Waals surface area contributed by atoms with Crippen molar-refractivity contribution < 1.29 is 10.2 Å². The zero-order chi connectivity index (χ0) is 18.3. The minimum absolute atomic E-state index is 0. The van der Waals surface area contributed by atoms with E-state index in [9.17, 15) is 10.2 Å². The van der Waals surface area contributed by atoms with Gasteiger partial charge in [-0.05, 0) is 31.9 Å². The summed E-state index contributed by atoms with van der Waals surface area (Å²) in [5.74, 6) is 1.19. The van der Waals surface area contributed by atoms with Crippen molar-refractivity contribution in [3.05, 3.63) is 24.3 Å². The van der Waals surface area contributed by atoms with E-state index in [1.807, 2.05) is 32.0 Å². The molecule has 1 aliphatic rings. The normalized spacial score (nSPS) is 15.6. The molecular weight excluding hydrogens is 443 g/mol. The van der Waals surface area contributed by atoms with Gasteiger partial charge in [0.05, 0.1) is 17.8 Å². The highest BCUT2D eigenvalue weighted by Crippen LogP contribution is 2.27.